The van der Waals surface area contributed by atoms with E-state index in [1.807, 2.05) is 6.92 Å². The van der Waals surface area contributed by atoms with Crippen LogP contribution in [-0.4, -0.2) is 96.7 Å². The van der Waals surface area contributed by atoms with Gasteiger partial charge in [0, 0.05) is 33.6 Å². The number of imidazole rings is 2. The molecule has 7 rings (SSSR count). The van der Waals surface area contributed by atoms with E-state index in [1.54, 1.807) is 30.7 Å². The van der Waals surface area contributed by atoms with Crippen LogP contribution in [0.5, 0.6) is 5.75 Å². The highest BCUT2D eigenvalue weighted by atomic mass is 16.6. The van der Waals surface area contributed by atoms with Crippen molar-refractivity contribution in [1.29, 1.82) is 0 Å². The molecule has 0 aliphatic carbocycles. The standard InChI is InChI=1S/C32H36N12O9/c1-5-34-28(48)24-21(46)22(47)30(53-24)44-12-35-19-25(33)39-31(40-26(19)44)38-17(45)11-51-15-9-7-14(23-18(15)36-13-52-23)8-10-16-37-27-20(41(16)3)29(49)42(4)32(50)43(27)6-2/h7,9,12-13,21-22,24,30,46-47H,5-6,8,10-11H2,1-4H3,(H,34,48)(H3,33,38,39,40,45)/t21-,22+,24-,30+/m0/s1. The van der Waals surface area contributed by atoms with Gasteiger partial charge in [0.15, 0.2) is 59.1 Å². The number of amides is 2. The number of aromatic nitrogens is 9. The molecule has 1 aromatic carbocycles. The number of aliphatic hydroxyl groups excluding tert-OH is 2. The average molecular weight is 733 g/mol. The molecule has 1 aliphatic rings. The van der Waals surface area contributed by atoms with E-state index in [9.17, 15) is 29.4 Å². The van der Waals surface area contributed by atoms with E-state index in [0.717, 1.165) is 10.1 Å². The number of benzene rings is 1. The zero-order valence-corrected chi connectivity index (χ0v) is 29.0. The molecule has 278 valence electrons. The van der Waals surface area contributed by atoms with E-state index in [1.165, 1.54) is 28.9 Å². The Balaban J connectivity index is 1.05. The van der Waals surface area contributed by atoms with Gasteiger partial charge in [0.1, 0.15) is 29.3 Å². The first kappa shape index (κ1) is 35.2. The molecule has 1 aliphatic heterocycles. The summed E-state index contributed by atoms with van der Waals surface area (Å²) in [4.78, 5) is 72.3. The van der Waals surface area contributed by atoms with Crippen LogP contribution in [0.2, 0.25) is 0 Å². The molecule has 6 heterocycles. The van der Waals surface area contributed by atoms with Gasteiger partial charge in [-0.25, -0.2) is 19.7 Å². The number of carbonyl (C=O) groups excluding carboxylic acids is 2. The topological polar surface area (TPSA) is 275 Å². The Bertz CT molecular complexity index is 2510. The number of ether oxygens (including phenoxy) is 2. The number of rotatable bonds is 11. The number of aryl methyl sites for hydroxylation is 4. The number of hydrogen-bond donors (Lipinski definition) is 5. The van der Waals surface area contributed by atoms with Gasteiger partial charge in [-0.2, -0.15) is 9.97 Å². The first-order valence-corrected chi connectivity index (χ1v) is 16.7. The summed E-state index contributed by atoms with van der Waals surface area (Å²) in [6.07, 6.45) is -2.21. The number of nitrogens with two attached hydrogens (primary N) is 1. The number of likely N-dealkylation sites (N-methyl/N-ethyl adjacent to an activating group) is 1. The Kier molecular flexibility index (Phi) is 9.13. The molecular formula is C32H36N12O9. The Morgan fingerprint density at radius 2 is 1.79 bits per heavy atom. The quantitative estimate of drug-likeness (QED) is 0.105. The molecule has 0 unspecified atom stereocenters. The number of fused-ring (bicyclic) bond motifs is 3. The van der Waals surface area contributed by atoms with E-state index < -0.39 is 54.2 Å². The molecule has 21 heteroatoms. The van der Waals surface area contributed by atoms with Crippen LogP contribution in [0.25, 0.3) is 33.4 Å². The largest absolute Gasteiger partial charge is 0.481 e. The second-order valence-corrected chi connectivity index (χ2v) is 12.3. The first-order chi connectivity index (χ1) is 25.4. The van der Waals surface area contributed by atoms with E-state index in [4.69, 9.17) is 19.6 Å². The molecule has 53 heavy (non-hydrogen) atoms. The van der Waals surface area contributed by atoms with Crippen LogP contribution in [0, 0.1) is 0 Å². The van der Waals surface area contributed by atoms with Gasteiger partial charge in [-0.3, -0.25) is 33.4 Å². The summed E-state index contributed by atoms with van der Waals surface area (Å²) in [6.45, 7) is 3.70. The molecule has 0 spiro atoms. The SMILES string of the molecule is CCNC(=O)[C@H]1O[C@@H](n2cnc3c(N)nc(NC(=O)COc4ccc(CCc5nc6c(c(=O)n(C)c(=O)n6CC)n5C)c5ocnc45)nc32)[C@H](O)[C@@H]1O. The van der Waals surface area contributed by atoms with Crippen molar-refractivity contribution < 1.29 is 33.7 Å². The minimum Gasteiger partial charge on any atom is -0.481 e. The van der Waals surface area contributed by atoms with Gasteiger partial charge in [-0.05, 0) is 31.9 Å². The Morgan fingerprint density at radius 1 is 1.00 bits per heavy atom. The summed E-state index contributed by atoms with van der Waals surface area (Å²) in [5, 5.41) is 26.2. The van der Waals surface area contributed by atoms with Crippen LogP contribution in [0.15, 0.2) is 38.9 Å². The van der Waals surface area contributed by atoms with Crippen molar-refractivity contribution in [2.45, 2.75) is 57.8 Å². The maximum atomic E-state index is 13.0. The van der Waals surface area contributed by atoms with Gasteiger partial charge in [0.2, 0.25) is 5.95 Å². The third kappa shape index (κ3) is 6.02. The molecule has 1 saturated heterocycles. The fourth-order valence-corrected chi connectivity index (χ4v) is 6.39. The zero-order chi connectivity index (χ0) is 37.7. The van der Waals surface area contributed by atoms with Crippen molar-refractivity contribution in [3.05, 3.63) is 57.1 Å². The summed E-state index contributed by atoms with van der Waals surface area (Å²) in [6, 6.07) is 3.43. The first-order valence-electron chi connectivity index (χ1n) is 16.7. The summed E-state index contributed by atoms with van der Waals surface area (Å²) in [5.41, 5.74) is 7.71. The maximum absolute atomic E-state index is 13.0. The van der Waals surface area contributed by atoms with Crippen molar-refractivity contribution in [3.63, 3.8) is 0 Å². The number of hydrogen-bond acceptors (Lipinski definition) is 15. The second kappa shape index (κ2) is 13.7. The van der Waals surface area contributed by atoms with Crippen molar-refractivity contribution in [2.24, 2.45) is 14.1 Å². The van der Waals surface area contributed by atoms with Gasteiger partial charge >= 0.3 is 5.69 Å². The van der Waals surface area contributed by atoms with E-state index in [-0.39, 0.29) is 28.7 Å². The minimum absolute atomic E-state index is 0.0715. The average Bonchev–Trinajstić information content (AvgIpc) is 3.92. The number of nitrogens with one attached hydrogen (secondary N) is 2. The lowest BCUT2D eigenvalue weighted by atomic mass is 10.1. The van der Waals surface area contributed by atoms with Gasteiger partial charge in [0.25, 0.3) is 17.4 Å². The molecule has 21 nitrogen and oxygen atoms in total. The minimum atomic E-state index is -1.52. The van der Waals surface area contributed by atoms with Crippen molar-refractivity contribution in [1.82, 2.24) is 48.5 Å². The monoisotopic (exact) mass is 732 g/mol. The van der Waals surface area contributed by atoms with Gasteiger partial charge in [-0.15, -0.1) is 0 Å². The highest BCUT2D eigenvalue weighted by Gasteiger charge is 2.47. The fraction of sp³-hybridized carbons (Fsp3) is 0.406. The predicted molar refractivity (Wildman–Crippen MR) is 186 cm³/mol. The Morgan fingerprint density at radius 3 is 2.55 bits per heavy atom. The number of nitrogens with zero attached hydrogens (tertiary/aromatic N) is 9. The summed E-state index contributed by atoms with van der Waals surface area (Å²) >= 11 is 0. The van der Waals surface area contributed by atoms with Crippen LogP contribution >= 0.6 is 0 Å². The molecule has 6 aromatic rings. The second-order valence-electron chi connectivity index (χ2n) is 12.3. The summed E-state index contributed by atoms with van der Waals surface area (Å²) < 4.78 is 22.7. The van der Waals surface area contributed by atoms with Crippen molar-refractivity contribution in [3.8, 4) is 5.75 Å². The maximum Gasteiger partial charge on any atom is 0.332 e. The lowest BCUT2D eigenvalue weighted by Gasteiger charge is -2.16. The highest BCUT2D eigenvalue weighted by molar-refractivity contribution is 5.93. The summed E-state index contributed by atoms with van der Waals surface area (Å²) in [5.74, 6) is -0.643. The van der Waals surface area contributed by atoms with E-state index in [0.29, 0.717) is 54.0 Å². The van der Waals surface area contributed by atoms with Gasteiger partial charge in [-0.1, -0.05) is 6.07 Å². The smallest absolute Gasteiger partial charge is 0.332 e. The third-order valence-electron chi connectivity index (χ3n) is 9.09. The lowest BCUT2D eigenvalue weighted by Crippen LogP contribution is -2.42. The van der Waals surface area contributed by atoms with Crippen LogP contribution in [0.1, 0.15) is 31.5 Å². The van der Waals surface area contributed by atoms with E-state index in [2.05, 4.69) is 35.6 Å². The normalized spacial score (nSPS) is 18.7. The number of anilines is 2. The van der Waals surface area contributed by atoms with E-state index >= 15 is 0 Å². The van der Waals surface area contributed by atoms with Crippen LogP contribution in [-0.2, 0) is 47.8 Å². The van der Waals surface area contributed by atoms with Gasteiger partial charge < -0.3 is 39.7 Å². The number of aliphatic hydroxyl groups is 2. The highest BCUT2D eigenvalue weighted by Crippen LogP contribution is 2.33. The number of nitrogen functional groups attached to an aromatic ring is 1. The molecule has 0 bridgehead atoms. The molecular weight excluding hydrogens is 696 g/mol. The van der Waals surface area contributed by atoms with Gasteiger partial charge in [0.05, 0.1) is 6.33 Å². The third-order valence-corrected chi connectivity index (χ3v) is 9.09. The van der Waals surface area contributed by atoms with Crippen LogP contribution in [0.4, 0.5) is 11.8 Å². The molecule has 6 N–H and O–H groups in total. The Hall–Kier alpha value is -6.19. The van der Waals surface area contributed by atoms with Crippen LogP contribution < -0.4 is 32.4 Å². The molecule has 5 aromatic heterocycles. The van der Waals surface area contributed by atoms with Crippen molar-refractivity contribution >= 4 is 57.0 Å². The zero-order valence-electron chi connectivity index (χ0n) is 29.0. The molecule has 4 atom stereocenters. The molecule has 0 saturated carbocycles. The van der Waals surface area contributed by atoms with Crippen LogP contribution in [0.3, 0.4) is 0 Å². The molecule has 2 amide bonds. The number of carbonyl (C=O) groups is 2. The predicted octanol–water partition coefficient (Wildman–Crippen LogP) is -1.13. The Labute approximate surface area is 298 Å². The molecule has 0 radical (unpaired) electrons. The molecule has 1 fully saturated rings. The lowest BCUT2D eigenvalue weighted by molar-refractivity contribution is -0.137. The summed E-state index contributed by atoms with van der Waals surface area (Å²) in [7, 11) is 3.18. The fourth-order valence-electron chi connectivity index (χ4n) is 6.39. The number of oxazole rings is 1. The van der Waals surface area contributed by atoms with Crippen molar-refractivity contribution in [2.75, 3.05) is 24.2 Å².